The Morgan fingerprint density at radius 3 is 1.83 bits per heavy atom. The molecule has 54 heavy (non-hydrogen) atoms. The minimum absolute atomic E-state index is 0.582. The van der Waals surface area contributed by atoms with Crippen LogP contribution in [0.4, 0.5) is 0 Å². The highest BCUT2D eigenvalue weighted by molar-refractivity contribution is 7.25. The largest absolute Gasteiger partial charge is 0.278 e. The van der Waals surface area contributed by atoms with Gasteiger partial charge in [-0.2, -0.15) is 9.97 Å². The van der Waals surface area contributed by atoms with Gasteiger partial charge in [-0.15, -0.1) is 11.3 Å². The molecule has 11 aromatic rings. The van der Waals surface area contributed by atoms with Crippen LogP contribution in [0, 0.1) is 0 Å². The molecule has 0 unspecified atom stereocenters. The Morgan fingerprint density at radius 2 is 1.00 bits per heavy atom. The van der Waals surface area contributed by atoms with Gasteiger partial charge in [0.1, 0.15) is 0 Å². The highest BCUT2D eigenvalue weighted by Gasteiger charge is 2.20. The van der Waals surface area contributed by atoms with Gasteiger partial charge in [-0.25, -0.2) is 4.98 Å². The normalized spacial score (nSPS) is 11.7. The number of aromatic nitrogens is 4. The molecule has 5 heteroatoms. The van der Waals surface area contributed by atoms with E-state index in [1.54, 1.807) is 0 Å². The first-order valence-electron chi connectivity index (χ1n) is 18.1. The van der Waals surface area contributed by atoms with Crippen LogP contribution in [0.5, 0.6) is 0 Å². The summed E-state index contributed by atoms with van der Waals surface area (Å²) in [6, 6.07) is 64.4. The monoisotopic (exact) mass is 706 g/mol. The van der Waals surface area contributed by atoms with Gasteiger partial charge in [0.25, 0.3) is 0 Å². The predicted molar refractivity (Wildman–Crippen MR) is 226 cm³/mol. The predicted octanol–water partition coefficient (Wildman–Crippen LogP) is 13.2. The van der Waals surface area contributed by atoms with Gasteiger partial charge in [-0.1, -0.05) is 152 Å². The van der Waals surface area contributed by atoms with Crippen molar-refractivity contribution in [3.8, 4) is 51.0 Å². The first kappa shape index (κ1) is 30.7. The van der Waals surface area contributed by atoms with E-state index in [2.05, 4.69) is 168 Å². The van der Waals surface area contributed by atoms with Gasteiger partial charge in [0, 0.05) is 47.5 Å². The molecule has 0 aliphatic carbocycles. The molecule has 0 radical (unpaired) electrons. The van der Waals surface area contributed by atoms with Gasteiger partial charge < -0.3 is 0 Å². The molecule has 0 fully saturated rings. The van der Waals surface area contributed by atoms with Crippen molar-refractivity contribution in [2.45, 2.75) is 0 Å². The van der Waals surface area contributed by atoms with Gasteiger partial charge in [0.2, 0.25) is 5.95 Å². The minimum Gasteiger partial charge on any atom is -0.278 e. The topological polar surface area (TPSA) is 43.6 Å². The van der Waals surface area contributed by atoms with Crippen LogP contribution >= 0.6 is 11.3 Å². The van der Waals surface area contributed by atoms with E-state index in [9.17, 15) is 0 Å². The average molecular weight is 707 g/mol. The molecular weight excluding hydrogens is 677 g/mol. The van der Waals surface area contributed by atoms with Gasteiger partial charge in [0.05, 0.1) is 11.0 Å². The average Bonchev–Trinajstić information content (AvgIpc) is 3.79. The van der Waals surface area contributed by atoms with Gasteiger partial charge >= 0.3 is 0 Å². The molecule has 0 N–H and O–H groups in total. The Balaban J connectivity index is 1.14. The second kappa shape index (κ2) is 12.3. The third-order valence-corrected chi connectivity index (χ3v) is 11.6. The van der Waals surface area contributed by atoms with E-state index in [1.165, 1.54) is 31.3 Å². The zero-order chi connectivity index (χ0) is 35.6. The van der Waals surface area contributed by atoms with E-state index in [4.69, 9.17) is 15.0 Å². The molecule has 0 spiro atoms. The van der Waals surface area contributed by atoms with E-state index in [0.29, 0.717) is 17.6 Å². The summed E-state index contributed by atoms with van der Waals surface area (Å²) < 4.78 is 4.81. The maximum absolute atomic E-state index is 5.33. The number of benzene rings is 8. The van der Waals surface area contributed by atoms with Gasteiger partial charge in [-0.05, 0) is 58.0 Å². The third kappa shape index (κ3) is 4.94. The second-order valence-corrected chi connectivity index (χ2v) is 14.7. The van der Waals surface area contributed by atoms with Crippen LogP contribution in [-0.4, -0.2) is 19.5 Å². The van der Waals surface area contributed by atoms with Crippen LogP contribution in [0.2, 0.25) is 0 Å². The Hall–Kier alpha value is -6.95. The number of hydrogen-bond acceptors (Lipinski definition) is 4. The van der Waals surface area contributed by atoms with Crippen molar-refractivity contribution in [2.24, 2.45) is 0 Å². The molecule has 0 aliphatic rings. The number of hydrogen-bond donors (Lipinski definition) is 0. The number of thiophene rings is 1. The molecule has 0 saturated carbocycles. The lowest BCUT2D eigenvalue weighted by Crippen LogP contribution is -2.06. The lowest BCUT2D eigenvalue weighted by Gasteiger charge is -2.14. The van der Waals surface area contributed by atoms with Crippen molar-refractivity contribution in [1.82, 2.24) is 19.5 Å². The van der Waals surface area contributed by atoms with Crippen molar-refractivity contribution < 1.29 is 0 Å². The molecule has 0 bridgehead atoms. The fourth-order valence-electron chi connectivity index (χ4n) is 7.96. The smallest absolute Gasteiger partial charge is 0.238 e. The fraction of sp³-hybridized carbons (Fsp3) is 0. The maximum atomic E-state index is 5.33. The minimum atomic E-state index is 0.582. The quantitative estimate of drug-likeness (QED) is 0.179. The summed E-state index contributed by atoms with van der Waals surface area (Å²) in [6.07, 6.45) is 0. The second-order valence-electron chi connectivity index (χ2n) is 13.6. The van der Waals surface area contributed by atoms with Crippen LogP contribution < -0.4 is 0 Å². The van der Waals surface area contributed by atoms with E-state index in [-0.39, 0.29) is 0 Å². The van der Waals surface area contributed by atoms with E-state index in [0.717, 1.165) is 54.8 Å². The zero-order valence-corrected chi connectivity index (χ0v) is 29.8. The summed E-state index contributed by atoms with van der Waals surface area (Å²) in [4.78, 5) is 15.7. The number of fused-ring (bicyclic) bond motifs is 7. The lowest BCUT2D eigenvalue weighted by molar-refractivity contribution is 0.954. The molecule has 252 valence electrons. The highest BCUT2D eigenvalue weighted by atomic mass is 32.1. The zero-order valence-electron chi connectivity index (χ0n) is 29.0. The molecule has 0 aliphatic heterocycles. The molecule has 0 saturated heterocycles. The van der Waals surface area contributed by atoms with Crippen molar-refractivity contribution in [3.05, 3.63) is 182 Å². The molecule has 8 aromatic carbocycles. The first-order valence-corrected chi connectivity index (χ1v) is 18.9. The number of nitrogens with zero attached hydrogens (tertiary/aromatic N) is 4. The molecule has 11 rings (SSSR count). The van der Waals surface area contributed by atoms with Crippen molar-refractivity contribution in [1.29, 1.82) is 0 Å². The molecule has 0 amide bonds. The summed E-state index contributed by atoms with van der Waals surface area (Å²) in [5, 5.41) is 7.17. The van der Waals surface area contributed by atoms with Gasteiger partial charge in [0.15, 0.2) is 11.6 Å². The summed E-state index contributed by atoms with van der Waals surface area (Å²) in [7, 11) is 0. The van der Waals surface area contributed by atoms with Crippen molar-refractivity contribution in [2.75, 3.05) is 0 Å². The van der Waals surface area contributed by atoms with Crippen LogP contribution in [0.1, 0.15) is 0 Å². The van der Waals surface area contributed by atoms with Crippen molar-refractivity contribution in [3.63, 3.8) is 0 Å². The Kier molecular flexibility index (Phi) is 7.00. The summed E-state index contributed by atoms with van der Waals surface area (Å²) in [5.41, 5.74) is 8.66. The lowest BCUT2D eigenvalue weighted by atomic mass is 9.94. The van der Waals surface area contributed by atoms with Crippen LogP contribution in [0.15, 0.2) is 182 Å². The van der Waals surface area contributed by atoms with Crippen molar-refractivity contribution >= 4 is 64.1 Å². The summed E-state index contributed by atoms with van der Waals surface area (Å²) in [6.45, 7) is 0. The molecule has 3 aromatic heterocycles. The van der Waals surface area contributed by atoms with Crippen LogP contribution in [-0.2, 0) is 0 Å². The number of rotatable bonds is 5. The molecular formula is C49H30N4S. The summed E-state index contributed by atoms with van der Waals surface area (Å²) in [5.74, 6) is 1.84. The first-order chi connectivity index (χ1) is 26.8. The highest BCUT2D eigenvalue weighted by Crippen LogP contribution is 2.40. The van der Waals surface area contributed by atoms with Crippen LogP contribution in [0.25, 0.3) is 104 Å². The maximum Gasteiger partial charge on any atom is 0.238 e. The molecule has 4 nitrogen and oxygen atoms in total. The Morgan fingerprint density at radius 1 is 0.370 bits per heavy atom. The number of para-hydroxylation sites is 1. The van der Waals surface area contributed by atoms with Gasteiger partial charge in [-0.3, -0.25) is 4.57 Å². The fourth-order valence-corrected chi connectivity index (χ4v) is 9.11. The van der Waals surface area contributed by atoms with Crippen LogP contribution in [0.3, 0.4) is 0 Å². The SMILES string of the molecule is c1ccc(-c2nc(-c3cccc4cccc(-c5ccccc5)c34)nc(-n3c4ccccc4c4cc(-c5ccc6c(c5)sc5ccccc56)ccc43)n2)cc1. The Labute approximate surface area is 315 Å². The molecule has 3 heterocycles. The molecule has 0 atom stereocenters. The van der Waals surface area contributed by atoms with E-state index < -0.39 is 0 Å². The van der Waals surface area contributed by atoms with E-state index in [1.807, 2.05) is 29.5 Å². The Bertz CT molecular complexity index is 3210. The summed E-state index contributed by atoms with van der Waals surface area (Å²) >= 11 is 1.85. The third-order valence-electron chi connectivity index (χ3n) is 10.5. The van der Waals surface area contributed by atoms with E-state index >= 15 is 0 Å². The standard InChI is InChI=1S/C49H30N4S/c1-3-13-31(14-4-1)36-21-11-17-32-18-12-22-40(46(32)36)48-50-47(33-15-5-2-6-16-33)51-49(52-48)53-42-23-9-7-19-37(42)41-29-34(26-28-43(41)53)35-25-27-39-38-20-8-10-24-44(38)54-45(39)30-35/h1-30H.